The van der Waals surface area contributed by atoms with Crippen molar-refractivity contribution in [2.24, 2.45) is 0 Å². The first-order valence-electron chi connectivity index (χ1n) is 8.44. The Kier molecular flexibility index (Phi) is 4.20. The first-order valence-corrected chi connectivity index (χ1v) is 8.44. The van der Waals surface area contributed by atoms with Crippen molar-refractivity contribution in [3.63, 3.8) is 0 Å². The van der Waals surface area contributed by atoms with Crippen molar-refractivity contribution in [1.82, 2.24) is 5.32 Å². The number of aryl methyl sites for hydroxylation is 2. The molecule has 0 radical (unpaired) electrons. The zero-order valence-electron chi connectivity index (χ0n) is 14.9. The molecule has 0 amide bonds. The van der Waals surface area contributed by atoms with E-state index in [4.69, 9.17) is 4.74 Å². The van der Waals surface area contributed by atoms with E-state index in [0.717, 1.165) is 18.7 Å². The van der Waals surface area contributed by atoms with Gasteiger partial charge in [-0.05, 0) is 51.3 Å². The van der Waals surface area contributed by atoms with Crippen molar-refractivity contribution in [1.29, 1.82) is 0 Å². The number of ether oxygens (including phenoxy) is 1. The minimum absolute atomic E-state index is 0.142. The Hall–Kier alpha value is -1.80. The Labute approximate surface area is 139 Å². The quantitative estimate of drug-likeness (QED) is 0.861. The van der Waals surface area contributed by atoms with Crippen LogP contribution < -0.4 is 10.1 Å². The van der Waals surface area contributed by atoms with Gasteiger partial charge in [0.2, 0.25) is 0 Å². The summed E-state index contributed by atoms with van der Waals surface area (Å²) in [7, 11) is 0. The smallest absolute Gasteiger partial charge is 0.128 e. The SMILES string of the molecule is Cc1ccc(CNC2CC(C)(C)Oc3c2ccc(C)c3C)cc1. The summed E-state index contributed by atoms with van der Waals surface area (Å²) < 4.78 is 6.29. The van der Waals surface area contributed by atoms with E-state index in [1.54, 1.807) is 0 Å². The molecule has 1 unspecified atom stereocenters. The summed E-state index contributed by atoms with van der Waals surface area (Å²) in [6, 6.07) is 13.5. The van der Waals surface area contributed by atoms with Crippen LogP contribution >= 0.6 is 0 Å². The lowest BCUT2D eigenvalue weighted by Gasteiger charge is -2.39. The standard InChI is InChI=1S/C21H27NO/c1-14-6-9-17(10-7-14)13-22-19-12-21(4,5)23-20-16(3)15(2)8-11-18(19)20/h6-11,19,22H,12-13H2,1-5H3. The van der Waals surface area contributed by atoms with Gasteiger partial charge in [0.05, 0.1) is 0 Å². The second kappa shape index (κ2) is 6.01. The van der Waals surface area contributed by atoms with Gasteiger partial charge in [-0.2, -0.15) is 0 Å². The van der Waals surface area contributed by atoms with Crippen LogP contribution in [0.2, 0.25) is 0 Å². The second-order valence-electron chi connectivity index (χ2n) is 7.41. The van der Waals surface area contributed by atoms with Crippen LogP contribution in [0, 0.1) is 20.8 Å². The van der Waals surface area contributed by atoms with E-state index in [2.05, 4.69) is 76.3 Å². The lowest BCUT2D eigenvalue weighted by Crippen LogP contribution is -2.39. The minimum Gasteiger partial charge on any atom is -0.487 e. The van der Waals surface area contributed by atoms with E-state index in [-0.39, 0.29) is 5.60 Å². The molecule has 0 saturated carbocycles. The summed E-state index contributed by atoms with van der Waals surface area (Å²) in [4.78, 5) is 0. The average molecular weight is 309 g/mol. The van der Waals surface area contributed by atoms with Gasteiger partial charge in [-0.15, -0.1) is 0 Å². The molecule has 0 spiro atoms. The number of rotatable bonds is 3. The zero-order chi connectivity index (χ0) is 16.6. The lowest BCUT2D eigenvalue weighted by molar-refractivity contribution is 0.0647. The summed E-state index contributed by atoms with van der Waals surface area (Å²) in [5, 5.41) is 3.74. The van der Waals surface area contributed by atoms with Gasteiger partial charge < -0.3 is 10.1 Å². The van der Waals surface area contributed by atoms with E-state index in [1.807, 2.05) is 0 Å². The highest BCUT2D eigenvalue weighted by molar-refractivity contribution is 5.48. The average Bonchev–Trinajstić information content (AvgIpc) is 2.50. The van der Waals surface area contributed by atoms with Crippen LogP contribution in [0.15, 0.2) is 36.4 Å². The summed E-state index contributed by atoms with van der Waals surface area (Å²) in [5.41, 5.74) is 6.33. The lowest BCUT2D eigenvalue weighted by atomic mass is 9.87. The molecular formula is C21H27NO. The topological polar surface area (TPSA) is 21.3 Å². The largest absolute Gasteiger partial charge is 0.487 e. The van der Waals surface area contributed by atoms with Crippen LogP contribution in [-0.2, 0) is 6.54 Å². The molecule has 2 aromatic rings. The molecule has 122 valence electrons. The molecule has 1 N–H and O–H groups in total. The van der Waals surface area contributed by atoms with Gasteiger partial charge in [0.15, 0.2) is 0 Å². The van der Waals surface area contributed by atoms with Crippen LogP contribution in [0.5, 0.6) is 5.75 Å². The number of benzene rings is 2. The van der Waals surface area contributed by atoms with E-state index >= 15 is 0 Å². The molecule has 0 aromatic heterocycles. The predicted molar refractivity (Wildman–Crippen MR) is 96.0 cm³/mol. The van der Waals surface area contributed by atoms with Gasteiger partial charge in [-0.25, -0.2) is 0 Å². The van der Waals surface area contributed by atoms with Crippen LogP contribution in [0.25, 0.3) is 0 Å². The predicted octanol–water partition coefficient (Wildman–Crippen LogP) is 5.00. The van der Waals surface area contributed by atoms with Gasteiger partial charge in [-0.1, -0.05) is 42.0 Å². The van der Waals surface area contributed by atoms with Gasteiger partial charge in [0, 0.05) is 24.6 Å². The molecule has 0 fully saturated rings. The van der Waals surface area contributed by atoms with E-state index < -0.39 is 0 Å². The van der Waals surface area contributed by atoms with Crippen molar-refractivity contribution in [3.8, 4) is 5.75 Å². The zero-order valence-corrected chi connectivity index (χ0v) is 14.9. The molecule has 1 aliphatic rings. The Morgan fingerprint density at radius 2 is 1.74 bits per heavy atom. The monoisotopic (exact) mass is 309 g/mol. The third-order valence-corrected chi connectivity index (χ3v) is 4.83. The minimum atomic E-state index is -0.142. The highest BCUT2D eigenvalue weighted by Crippen LogP contribution is 2.42. The maximum absolute atomic E-state index is 6.29. The van der Waals surface area contributed by atoms with Gasteiger partial charge >= 0.3 is 0 Å². The fourth-order valence-electron chi connectivity index (χ4n) is 3.27. The Morgan fingerprint density at radius 3 is 2.43 bits per heavy atom. The second-order valence-corrected chi connectivity index (χ2v) is 7.41. The summed E-state index contributed by atoms with van der Waals surface area (Å²) in [5.74, 6) is 1.07. The van der Waals surface area contributed by atoms with Crippen molar-refractivity contribution >= 4 is 0 Å². The molecule has 1 atom stereocenters. The summed E-state index contributed by atoms with van der Waals surface area (Å²) >= 11 is 0. The number of nitrogens with one attached hydrogen (secondary N) is 1. The molecule has 0 bridgehead atoms. The molecule has 2 heteroatoms. The van der Waals surface area contributed by atoms with Crippen molar-refractivity contribution < 1.29 is 4.74 Å². The third kappa shape index (κ3) is 3.42. The van der Waals surface area contributed by atoms with Gasteiger partial charge in [0.25, 0.3) is 0 Å². The Morgan fingerprint density at radius 1 is 1.04 bits per heavy atom. The Bertz CT molecular complexity index is 701. The maximum Gasteiger partial charge on any atom is 0.128 e. The molecule has 23 heavy (non-hydrogen) atoms. The molecule has 2 aromatic carbocycles. The first kappa shape index (κ1) is 16.1. The van der Waals surface area contributed by atoms with E-state index in [0.29, 0.717) is 6.04 Å². The Balaban J connectivity index is 1.85. The molecule has 0 saturated heterocycles. The molecule has 1 heterocycles. The van der Waals surface area contributed by atoms with Crippen molar-refractivity contribution in [2.75, 3.05) is 0 Å². The highest BCUT2D eigenvalue weighted by Gasteiger charge is 2.34. The van der Waals surface area contributed by atoms with Gasteiger partial charge in [0.1, 0.15) is 11.4 Å². The number of hydrogen-bond donors (Lipinski definition) is 1. The summed E-state index contributed by atoms with van der Waals surface area (Å²) in [6.07, 6.45) is 0.981. The molecule has 3 rings (SSSR count). The van der Waals surface area contributed by atoms with Crippen LogP contribution in [-0.4, -0.2) is 5.60 Å². The van der Waals surface area contributed by atoms with E-state index in [9.17, 15) is 0 Å². The van der Waals surface area contributed by atoms with Crippen LogP contribution in [0.1, 0.15) is 54.1 Å². The van der Waals surface area contributed by atoms with Crippen LogP contribution in [0.4, 0.5) is 0 Å². The molecule has 2 nitrogen and oxygen atoms in total. The fourth-order valence-corrected chi connectivity index (χ4v) is 3.27. The van der Waals surface area contributed by atoms with Crippen molar-refractivity contribution in [2.45, 2.75) is 59.2 Å². The number of hydrogen-bond acceptors (Lipinski definition) is 2. The van der Waals surface area contributed by atoms with Crippen molar-refractivity contribution in [3.05, 3.63) is 64.2 Å². The first-order chi connectivity index (χ1) is 10.9. The summed E-state index contributed by atoms with van der Waals surface area (Å²) in [6.45, 7) is 11.7. The normalized spacial score (nSPS) is 19.1. The van der Waals surface area contributed by atoms with E-state index in [1.165, 1.54) is 27.8 Å². The fraction of sp³-hybridized carbons (Fsp3) is 0.429. The van der Waals surface area contributed by atoms with Gasteiger partial charge in [-0.3, -0.25) is 0 Å². The molecule has 0 aliphatic carbocycles. The molecular weight excluding hydrogens is 282 g/mol. The number of fused-ring (bicyclic) bond motifs is 1. The molecule has 1 aliphatic heterocycles. The third-order valence-electron chi connectivity index (χ3n) is 4.83. The van der Waals surface area contributed by atoms with Crippen LogP contribution in [0.3, 0.4) is 0 Å². The highest BCUT2D eigenvalue weighted by atomic mass is 16.5. The maximum atomic E-state index is 6.29.